The summed E-state index contributed by atoms with van der Waals surface area (Å²) in [5.41, 5.74) is 2.68. The fourth-order valence-electron chi connectivity index (χ4n) is 5.35. The molecule has 3 N–H and O–H groups in total. The predicted molar refractivity (Wildman–Crippen MR) is 139 cm³/mol. The second-order valence-corrected chi connectivity index (χ2v) is 10.6. The van der Waals surface area contributed by atoms with Crippen molar-refractivity contribution in [2.45, 2.75) is 71.4 Å². The number of carbonyl (C=O) groups is 2. The zero-order valence-corrected chi connectivity index (χ0v) is 21.8. The van der Waals surface area contributed by atoms with Crippen molar-refractivity contribution in [1.29, 1.82) is 0 Å². The van der Waals surface area contributed by atoms with E-state index in [1.54, 1.807) is 13.0 Å². The van der Waals surface area contributed by atoms with Crippen LogP contribution in [0.25, 0.3) is 22.3 Å². The van der Waals surface area contributed by atoms with Gasteiger partial charge in [0.15, 0.2) is 0 Å². The van der Waals surface area contributed by atoms with E-state index in [1.165, 1.54) is 25.4 Å². The number of fused-ring (bicyclic) bond motifs is 1. The monoisotopic (exact) mass is 525 g/mol. The normalized spacial score (nSPS) is 21.5. The third-order valence-corrected chi connectivity index (χ3v) is 7.57. The molecule has 2 fully saturated rings. The lowest BCUT2D eigenvalue weighted by Crippen LogP contribution is -2.47. The number of amides is 2. The number of halogens is 2. The molecule has 38 heavy (non-hydrogen) atoms. The molecule has 2 saturated carbocycles. The molecule has 5 rings (SSSR count). The summed E-state index contributed by atoms with van der Waals surface area (Å²) in [6, 6.07) is 4.41. The van der Waals surface area contributed by atoms with Gasteiger partial charge in [-0.05, 0) is 69.1 Å². The summed E-state index contributed by atoms with van der Waals surface area (Å²) < 4.78 is 33.2. The molecule has 0 radical (unpaired) electrons. The van der Waals surface area contributed by atoms with Crippen molar-refractivity contribution in [1.82, 2.24) is 25.6 Å². The smallest absolute Gasteiger partial charge is 0.263 e. The van der Waals surface area contributed by atoms with Crippen molar-refractivity contribution in [3.8, 4) is 17.0 Å². The number of nitrogens with zero attached hydrogens (tertiary/aromatic N) is 2. The van der Waals surface area contributed by atoms with Crippen LogP contribution in [0.3, 0.4) is 0 Å². The lowest BCUT2D eigenvalue weighted by Gasteiger charge is -2.34. The summed E-state index contributed by atoms with van der Waals surface area (Å²) in [7, 11) is 0. The van der Waals surface area contributed by atoms with Gasteiger partial charge in [-0.25, -0.2) is 18.7 Å². The number of rotatable bonds is 8. The number of aryl methyl sites for hydroxylation is 1. The number of alkyl halides is 2. The molecule has 0 bridgehead atoms. The molecule has 3 atom stereocenters. The molecule has 10 heteroatoms. The number of nitrogens with one attached hydrogen (secondary N) is 3. The van der Waals surface area contributed by atoms with Gasteiger partial charge in [0.1, 0.15) is 23.3 Å². The Kier molecular flexibility index (Phi) is 7.32. The summed E-state index contributed by atoms with van der Waals surface area (Å²) in [6.07, 6.45) is 3.20. The van der Waals surface area contributed by atoms with E-state index >= 15 is 0 Å². The molecular weight excluding hydrogens is 492 g/mol. The lowest BCUT2D eigenvalue weighted by molar-refractivity contribution is -0.120. The number of H-pyrrole nitrogens is 1. The maximum absolute atomic E-state index is 13.6. The van der Waals surface area contributed by atoms with E-state index in [0.29, 0.717) is 51.8 Å². The summed E-state index contributed by atoms with van der Waals surface area (Å²) in [5, 5.41) is 6.13. The van der Waals surface area contributed by atoms with Gasteiger partial charge in [-0.1, -0.05) is 6.92 Å². The van der Waals surface area contributed by atoms with Crippen LogP contribution in [-0.2, 0) is 4.79 Å². The van der Waals surface area contributed by atoms with Gasteiger partial charge in [0.05, 0.1) is 17.7 Å². The van der Waals surface area contributed by atoms with Crippen LogP contribution in [0, 0.1) is 18.8 Å². The highest BCUT2D eigenvalue weighted by Crippen LogP contribution is 2.38. The number of aromatic nitrogens is 3. The van der Waals surface area contributed by atoms with Crippen LogP contribution in [0.1, 0.15) is 74.0 Å². The minimum absolute atomic E-state index is 0.0293. The molecule has 0 unspecified atom stereocenters. The summed E-state index contributed by atoms with van der Waals surface area (Å²) in [4.78, 5) is 36.9. The Labute approximate surface area is 220 Å². The van der Waals surface area contributed by atoms with Gasteiger partial charge >= 0.3 is 0 Å². The highest BCUT2D eigenvalue weighted by molar-refractivity contribution is 6.09. The second kappa shape index (κ2) is 10.7. The maximum Gasteiger partial charge on any atom is 0.263 e. The molecule has 0 aliphatic heterocycles. The molecule has 2 aliphatic carbocycles. The van der Waals surface area contributed by atoms with E-state index in [9.17, 15) is 18.4 Å². The number of benzene rings is 1. The standard InChI is InChI=1S/C28H33F2N5O3/c1-14-10-19(7-8-21(14)34-16(3)36)35-28(37)23-15(2)33-26-24(31-13-32-25(23)26)20-11-18(27(29)30)6-9-22(20)38-12-17-4-5-17/h6,9,11,13-14,17,19,21,27,33H,4-5,7-8,10,12H2,1-3H3,(H,34,36)(H,35,37)/t14-,19+,21-/m1/s1. The largest absolute Gasteiger partial charge is 0.493 e. The highest BCUT2D eigenvalue weighted by atomic mass is 19.3. The molecule has 2 aliphatic rings. The van der Waals surface area contributed by atoms with E-state index in [1.807, 2.05) is 0 Å². The lowest BCUT2D eigenvalue weighted by atomic mass is 9.82. The average molecular weight is 526 g/mol. The van der Waals surface area contributed by atoms with Gasteiger partial charge < -0.3 is 20.4 Å². The molecule has 2 aromatic heterocycles. The maximum atomic E-state index is 13.6. The molecule has 202 valence electrons. The topological polar surface area (TPSA) is 109 Å². The molecular formula is C28H33F2N5O3. The van der Waals surface area contributed by atoms with E-state index in [4.69, 9.17) is 4.74 Å². The van der Waals surface area contributed by atoms with Crippen LogP contribution in [0.5, 0.6) is 5.75 Å². The number of aromatic amines is 1. The zero-order valence-electron chi connectivity index (χ0n) is 21.8. The van der Waals surface area contributed by atoms with Gasteiger partial charge in [-0.15, -0.1) is 0 Å². The number of carbonyl (C=O) groups excluding carboxylic acids is 2. The van der Waals surface area contributed by atoms with Crippen molar-refractivity contribution < 1.29 is 23.1 Å². The number of hydrogen-bond donors (Lipinski definition) is 3. The minimum Gasteiger partial charge on any atom is -0.493 e. The van der Waals surface area contributed by atoms with Crippen LogP contribution in [0.2, 0.25) is 0 Å². The van der Waals surface area contributed by atoms with Crippen LogP contribution in [0.15, 0.2) is 24.5 Å². The third kappa shape index (κ3) is 5.49. The van der Waals surface area contributed by atoms with Crippen molar-refractivity contribution >= 4 is 22.8 Å². The minimum atomic E-state index is -2.64. The van der Waals surface area contributed by atoms with Crippen molar-refractivity contribution in [2.24, 2.45) is 11.8 Å². The van der Waals surface area contributed by atoms with Gasteiger partial charge in [0, 0.05) is 35.8 Å². The Balaban J connectivity index is 1.43. The quantitative estimate of drug-likeness (QED) is 0.380. The van der Waals surface area contributed by atoms with Gasteiger partial charge in [0.25, 0.3) is 12.3 Å². The molecule has 0 spiro atoms. The number of hydrogen-bond acceptors (Lipinski definition) is 5. The third-order valence-electron chi connectivity index (χ3n) is 7.57. The van der Waals surface area contributed by atoms with Crippen molar-refractivity contribution in [3.63, 3.8) is 0 Å². The molecule has 2 amide bonds. The first kappa shape index (κ1) is 26.1. The number of ether oxygens (including phenoxy) is 1. The Bertz CT molecular complexity index is 1350. The second-order valence-electron chi connectivity index (χ2n) is 10.6. The van der Waals surface area contributed by atoms with E-state index in [0.717, 1.165) is 32.1 Å². The summed E-state index contributed by atoms with van der Waals surface area (Å²) >= 11 is 0. The Hall–Kier alpha value is -3.56. The summed E-state index contributed by atoms with van der Waals surface area (Å²) in [5.74, 6) is 0.897. The van der Waals surface area contributed by atoms with Gasteiger partial charge in [-0.2, -0.15) is 0 Å². The SMILES string of the molecule is CC(=O)N[C@@H]1CC[C@H](NC(=O)c2c(C)[nH]c3c(-c4cc(C(F)F)ccc4OCC4CC4)ncnc23)C[C@H]1C. The van der Waals surface area contributed by atoms with Crippen molar-refractivity contribution in [3.05, 3.63) is 41.3 Å². The Morgan fingerprint density at radius 1 is 1.16 bits per heavy atom. The van der Waals surface area contributed by atoms with Gasteiger partial charge in [0.2, 0.25) is 5.91 Å². The first-order chi connectivity index (χ1) is 18.2. The first-order valence-corrected chi connectivity index (χ1v) is 13.2. The molecule has 0 saturated heterocycles. The van der Waals surface area contributed by atoms with Crippen LogP contribution >= 0.6 is 0 Å². The Morgan fingerprint density at radius 2 is 1.95 bits per heavy atom. The highest BCUT2D eigenvalue weighted by Gasteiger charge is 2.31. The summed E-state index contributed by atoms with van der Waals surface area (Å²) in [6.45, 7) is 5.90. The van der Waals surface area contributed by atoms with E-state index < -0.39 is 6.43 Å². The zero-order chi connectivity index (χ0) is 27.0. The van der Waals surface area contributed by atoms with Crippen molar-refractivity contribution in [2.75, 3.05) is 6.61 Å². The Morgan fingerprint density at radius 3 is 2.63 bits per heavy atom. The van der Waals surface area contributed by atoms with Crippen LogP contribution < -0.4 is 15.4 Å². The molecule has 1 aromatic carbocycles. The first-order valence-electron chi connectivity index (χ1n) is 13.2. The van der Waals surface area contributed by atoms with Gasteiger partial charge in [-0.3, -0.25) is 9.59 Å². The molecule has 2 heterocycles. The average Bonchev–Trinajstić information content (AvgIpc) is 3.63. The van der Waals surface area contributed by atoms with Crippen LogP contribution in [-0.4, -0.2) is 45.5 Å². The van der Waals surface area contributed by atoms with E-state index in [2.05, 4.69) is 32.5 Å². The fourth-order valence-corrected chi connectivity index (χ4v) is 5.35. The van der Waals surface area contributed by atoms with E-state index in [-0.39, 0.29) is 35.4 Å². The van der Waals surface area contributed by atoms with Crippen LogP contribution in [0.4, 0.5) is 8.78 Å². The molecule has 3 aromatic rings. The molecule has 8 nitrogen and oxygen atoms in total. The fraction of sp³-hybridized carbons (Fsp3) is 0.500. The predicted octanol–water partition coefficient (Wildman–Crippen LogP) is 5.08.